The summed E-state index contributed by atoms with van der Waals surface area (Å²) < 4.78 is 5.10. The highest BCUT2D eigenvalue weighted by Crippen LogP contribution is 2.27. The first kappa shape index (κ1) is 12.3. The highest BCUT2D eigenvalue weighted by atomic mass is 16.4. The molecule has 5 nitrogen and oxygen atoms in total. The molecule has 1 atom stereocenters. The van der Waals surface area contributed by atoms with E-state index in [0.29, 0.717) is 5.56 Å². The zero-order chi connectivity index (χ0) is 13.1. The molecule has 0 saturated heterocycles. The predicted molar refractivity (Wildman–Crippen MR) is 63.1 cm³/mol. The summed E-state index contributed by atoms with van der Waals surface area (Å²) in [6.07, 6.45) is -1.26. The Morgan fingerprint density at radius 1 is 1.22 bits per heavy atom. The van der Waals surface area contributed by atoms with E-state index in [-0.39, 0.29) is 11.5 Å². The molecule has 0 amide bonds. The van der Waals surface area contributed by atoms with E-state index in [1.165, 1.54) is 0 Å². The maximum absolute atomic E-state index is 11.4. The average molecular weight is 248 g/mol. The van der Waals surface area contributed by atoms with Crippen LogP contribution in [0, 0.1) is 0 Å². The minimum absolute atomic E-state index is 0.0113. The molecule has 1 heterocycles. The van der Waals surface area contributed by atoms with Gasteiger partial charge in [0.2, 0.25) is 11.2 Å². The molecule has 94 valence electrons. The molecule has 0 aliphatic heterocycles. The summed E-state index contributed by atoms with van der Waals surface area (Å²) in [7, 11) is 0. The summed E-state index contributed by atoms with van der Waals surface area (Å²) in [5.41, 5.74) is -0.221. The van der Waals surface area contributed by atoms with Gasteiger partial charge >= 0.3 is 0 Å². The maximum Gasteiger partial charge on any atom is 0.227 e. The van der Waals surface area contributed by atoms with Gasteiger partial charge in [0.1, 0.15) is 18.5 Å². The zero-order valence-electron chi connectivity index (χ0n) is 9.41. The molecule has 3 N–H and O–H groups in total. The van der Waals surface area contributed by atoms with Crippen molar-refractivity contribution in [2.45, 2.75) is 12.7 Å². The molecule has 2 rings (SSSR count). The fourth-order valence-corrected chi connectivity index (χ4v) is 1.60. The third-order valence-electron chi connectivity index (χ3n) is 2.52. The molecule has 0 aliphatic rings. The van der Waals surface area contributed by atoms with Crippen molar-refractivity contribution in [1.29, 1.82) is 0 Å². The van der Waals surface area contributed by atoms with Gasteiger partial charge in [0.15, 0.2) is 5.76 Å². The van der Waals surface area contributed by atoms with E-state index in [1.54, 1.807) is 30.3 Å². The second-order valence-corrected chi connectivity index (χ2v) is 3.76. The van der Waals surface area contributed by atoms with Crippen LogP contribution >= 0.6 is 0 Å². The molecule has 1 unspecified atom stereocenters. The zero-order valence-corrected chi connectivity index (χ0v) is 9.41. The third-order valence-corrected chi connectivity index (χ3v) is 2.52. The molecular weight excluding hydrogens is 236 g/mol. The van der Waals surface area contributed by atoms with Crippen molar-refractivity contribution >= 4 is 0 Å². The van der Waals surface area contributed by atoms with E-state index < -0.39 is 23.9 Å². The van der Waals surface area contributed by atoms with Crippen molar-refractivity contribution < 1.29 is 19.7 Å². The second-order valence-electron chi connectivity index (χ2n) is 3.76. The van der Waals surface area contributed by atoms with Crippen LogP contribution in [0.4, 0.5) is 0 Å². The average Bonchev–Trinajstić information content (AvgIpc) is 2.42. The number of rotatable bonds is 3. The summed E-state index contributed by atoms with van der Waals surface area (Å²) in [6, 6.07) is 9.45. The Hall–Kier alpha value is -2.11. The lowest BCUT2D eigenvalue weighted by Crippen LogP contribution is -2.09. The Labute approximate surface area is 103 Å². The van der Waals surface area contributed by atoms with E-state index in [1.807, 2.05) is 0 Å². The Bertz CT molecular complexity index is 588. The SMILES string of the molecule is O=c1cc(CO)oc(C(O)c2ccccc2)c1O. The summed E-state index contributed by atoms with van der Waals surface area (Å²) in [5.74, 6) is -0.927. The van der Waals surface area contributed by atoms with Crippen molar-refractivity contribution in [3.63, 3.8) is 0 Å². The van der Waals surface area contributed by atoms with Crippen LogP contribution in [0.2, 0.25) is 0 Å². The van der Waals surface area contributed by atoms with Crippen molar-refractivity contribution in [3.8, 4) is 5.75 Å². The topological polar surface area (TPSA) is 90.9 Å². The van der Waals surface area contributed by atoms with Gasteiger partial charge in [-0.1, -0.05) is 30.3 Å². The number of benzene rings is 1. The van der Waals surface area contributed by atoms with Gasteiger partial charge in [-0.2, -0.15) is 0 Å². The standard InChI is InChI=1S/C13H12O5/c14-7-9-6-10(15)12(17)13(18-9)11(16)8-4-2-1-3-5-8/h1-6,11,14,16-17H,7H2. The Balaban J connectivity index is 2.51. The van der Waals surface area contributed by atoms with Crippen LogP contribution in [0.5, 0.6) is 5.75 Å². The minimum Gasteiger partial charge on any atom is -0.502 e. The molecule has 18 heavy (non-hydrogen) atoms. The van der Waals surface area contributed by atoms with Crippen molar-refractivity contribution in [3.05, 3.63) is 63.7 Å². The molecule has 5 heteroatoms. The number of aliphatic hydroxyl groups is 2. The first-order valence-electron chi connectivity index (χ1n) is 5.33. The maximum atomic E-state index is 11.4. The van der Waals surface area contributed by atoms with Gasteiger partial charge in [0.05, 0.1) is 0 Å². The minimum atomic E-state index is -1.26. The largest absolute Gasteiger partial charge is 0.502 e. The molecule has 0 fully saturated rings. The molecule has 0 spiro atoms. The normalized spacial score (nSPS) is 12.3. The van der Waals surface area contributed by atoms with Crippen LogP contribution in [0.3, 0.4) is 0 Å². The number of hydrogen-bond donors (Lipinski definition) is 3. The molecule has 0 aliphatic carbocycles. The fourth-order valence-electron chi connectivity index (χ4n) is 1.60. The first-order chi connectivity index (χ1) is 8.63. The molecule has 0 radical (unpaired) electrons. The van der Waals surface area contributed by atoms with Gasteiger partial charge in [-0.3, -0.25) is 4.79 Å². The van der Waals surface area contributed by atoms with E-state index in [0.717, 1.165) is 6.07 Å². The smallest absolute Gasteiger partial charge is 0.227 e. The van der Waals surface area contributed by atoms with E-state index in [4.69, 9.17) is 9.52 Å². The number of aromatic hydroxyl groups is 1. The molecule has 0 bridgehead atoms. The van der Waals surface area contributed by atoms with Gasteiger partial charge in [0.25, 0.3) is 0 Å². The summed E-state index contributed by atoms with van der Waals surface area (Å²) >= 11 is 0. The molecule has 1 aromatic carbocycles. The predicted octanol–water partition coefficient (Wildman–Crippen LogP) is 0.919. The van der Waals surface area contributed by atoms with E-state index in [9.17, 15) is 15.0 Å². The lowest BCUT2D eigenvalue weighted by Gasteiger charge is -2.12. The second kappa shape index (κ2) is 5.03. The lowest BCUT2D eigenvalue weighted by molar-refractivity contribution is 0.163. The van der Waals surface area contributed by atoms with Gasteiger partial charge in [-0.05, 0) is 5.56 Å². The highest BCUT2D eigenvalue weighted by Gasteiger charge is 2.20. The number of aliphatic hydroxyl groups excluding tert-OH is 2. The summed E-state index contributed by atoms with van der Waals surface area (Å²) in [6.45, 7) is -0.482. The van der Waals surface area contributed by atoms with Gasteiger partial charge in [-0.25, -0.2) is 0 Å². The van der Waals surface area contributed by atoms with Crippen molar-refractivity contribution in [2.75, 3.05) is 0 Å². The van der Waals surface area contributed by atoms with Gasteiger partial charge in [-0.15, -0.1) is 0 Å². The van der Waals surface area contributed by atoms with Crippen LogP contribution in [0.1, 0.15) is 23.2 Å². The monoisotopic (exact) mass is 248 g/mol. The summed E-state index contributed by atoms with van der Waals surface area (Å²) in [4.78, 5) is 11.4. The molecule has 1 aromatic heterocycles. The van der Waals surface area contributed by atoms with E-state index >= 15 is 0 Å². The van der Waals surface area contributed by atoms with Gasteiger partial charge < -0.3 is 19.7 Å². The van der Waals surface area contributed by atoms with Crippen LogP contribution in [-0.4, -0.2) is 15.3 Å². The third kappa shape index (κ3) is 2.27. The quantitative estimate of drug-likeness (QED) is 0.751. The van der Waals surface area contributed by atoms with E-state index in [2.05, 4.69) is 0 Å². The lowest BCUT2D eigenvalue weighted by atomic mass is 10.1. The molecule has 0 saturated carbocycles. The summed E-state index contributed by atoms with van der Waals surface area (Å²) in [5, 5.41) is 28.6. The molecular formula is C13H12O5. The highest BCUT2D eigenvalue weighted by molar-refractivity contribution is 5.33. The van der Waals surface area contributed by atoms with Crippen molar-refractivity contribution in [1.82, 2.24) is 0 Å². The fraction of sp³-hybridized carbons (Fsp3) is 0.154. The number of hydrogen-bond acceptors (Lipinski definition) is 5. The van der Waals surface area contributed by atoms with Crippen LogP contribution in [0.15, 0.2) is 45.6 Å². The Morgan fingerprint density at radius 2 is 1.89 bits per heavy atom. The Morgan fingerprint density at radius 3 is 2.50 bits per heavy atom. The van der Waals surface area contributed by atoms with Gasteiger partial charge in [0, 0.05) is 6.07 Å². The van der Waals surface area contributed by atoms with Crippen molar-refractivity contribution in [2.24, 2.45) is 0 Å². The van der Waals surface area contributed by atoms with Crippen LogP contribution in [0.25, 0.3) is 0 Å². The Kier molecular flexibility index (Phi) is 3.45. The van der Waals surface area contributed by atoms with Crippen LogP contribution < -0.4 is 5.43 Å². The van der Waals surface area contributed by atoms with Crippen LogP contribution in [-0.2, 0) is 6.61 Å². The molecule has 2 aromatic rings. The first-order valence-corrected chi connectivity index (χ1v) is 5.33.